The van der Waals surface area contributed by atoms with Crippen LogP contribution >= 0.6 is 11.3 Å². The van der Waals surface area contributed by atoms with Crippen LogP contribution in [0.25, 0.3) is 10.4 Å². The van der Waals surface area contributed by atoms with Crippen molar-refractivity contribution >= 4 is 11.3 Å². The predicted molar refractivity (Wildman–Crippen MR) is 67.3 cm³/mol. The van der Waals surface area contributed by atoms with Crippen LogP contribution in [0.2, 0.25) is 0 Å². The molecule has 0 bridgehead atoms. The van der Waals surface area contributed by atoms with Gasteiger partial charge in [0.1, 0.15) is 19.0 Å². The molecule has 2 aromatic rings. The van der Waals surface area contributed by atoms with Gasteiger partial charge in [0.15, 0.2) is 11.5 Å². The van der Waals surface area contributed by atoms with E-state index < -0.39 is 0 Å². The zero-order chi connectivity index (χ0) is 11.7. The molecule has 0 atom stereocenters. The molecule has 0 N–H and O–H groups in total. The number of benzene rings is 1. The summed E-state index contributed by atoms with van der Waals surface area (Å²) in [5.74, 6) is 2.58. The van der Waals surface area contributed by atoms with Gasteiger partial charge in [-0.15, -0.1) is 11.3 Å². The molecule has 2 heterocycles. The van der Waals surface area contributed by atoms with Gasteiger partial charge in [-0.2, -0.15) is 0 Å². The third-order valence-electron chi connectivity index (χ3n) is 2.65. The first-order chi connectivity index (χ1) is 8.38. The van der Waals surface area contributed by atoms with E-state index in [1.54, 1.807) is 18.4 Å². The number of methoxy groups -OCH3 is 1. The fourth-order valence-corrected chi connectivity index (χ4v) is 2.74. The molecule has 3 rings (SSSR count). The number of thiophene rings is 1. The van der Waals surface area contributed by atoms with Gasteiger partial charge in [0.25, 0.3) is 0 Å². The molecule has 0 saturated heterocycles. The van der Waals surface area contributed by atoms with Crippen LogP contribution in [0.3, 0.4) is 0 Å². The minimum absolute atomic E-state index is 0.618. The largest absolute Gasteiger partial charge is 0.497 e. The molecule has 1 aliphatic heterocycles. The number of hydrogen-bond donors (Lipinski definition) is 0. The Balaban J connectivity index is 2.00. The summed E-state index contributed by atoms with van der Waals surface area (Å²) in [5, 5.41) is 1.99. The van der Waals surface area contributed by atoms with E-state index in [2.05, 4.69) is 0 Å². The maximum Gasteiger partial charge on any atom is 0.179 e. The number of fused-ring (bicyclic) bond motifs is 1. The van der Waals surface area contributed by atoms with Crippen molar-refractivity contribution < 1.29 is 14.2 Å². The predicted octanol–water partition coefficient (Wildman–Crippen LogP) is 3.19. The highest BCUT2D eigenvalue weighted by Gasteiger charge is 2.19. The summed E-state index contributed by atoms with van der Waals surface area (Å²) in [6, 6.07) is 7.96. The lowest BCUT2D eigenvalue weighted by Crippen LogP contribution is -2.14. The van der Waals surface area contributed by atoms with Crippen molar-refractivity contribution in [1.82, 2.24) is 0 Å². The maximum atomic E-state index is 5.66. The highest BCUT2D eigenvalue weighted by Crippen LogP contribution is 2.45. The first-order valence-corrected chi connectivity index (χ1v) is 6.28. The van der Waals surface area contributed by atoms with Gasteiger partial charge in [-0.1, -0.05) is 0 Å². The molecule has 88 valence electrons. The molecule has 0 unspecified atom stereocenters. The molecule has 0 amide bonds. The van der Waals surface area contributed by atoms with Crippen LogP contribution in [0.4, 0.5) is 0 Å². The monoisotopic (exact) mass is 248 g/mol. The summed E-state index contributed by atoms with van der Waals surface area (Å²) in [4.78, 5) is 1.11. The lowest BCUT2D eigenvalue weighted by atomic mass is 10.1. The lowest BCUT2D eigenvalue weighted by molar-refractivity contribution is 0.174. The number of hydrogen-bond acceptors (Lipinski definition) is 4. The molecule has 17 heavy (non-hydrogen) atoms. The van der Waals surface area contributed by atoms with Gasteiger partial charge in [-0.05, 0) is 29.8 Å². The SMILES string of the molecule is COc1ccc(-c2scc3c2OCCO3)cc1. The van der Waals surface area contributed by atoms with E-state index in [1.807, 2.05) is 29.6 Å². The maximum absolute atomic E-state index is 5.66. The van der Waals surface area contributed by atoms with E-state index in [0.29, 0.717) is 13.2 Å². The Morgan fingerprint density at radius 2 is 1.88 bits per heavy atom. The van der Waals surface area contributed by atoms with Crippen LogP contribution in [0.1, 0.15) is 0 Å². The first-order valence-electron chi connectivity index (χ1n) is 5.40. The summed E-state index contributed by atoms with van der Waals surface area (Å²) in [5.41, 5.74) is 1.13. The van der Waals surface area contributed by atoms with Crippen molar-refractivity contribution in [3.8, 4) is 27.7 Å². The fourth-order valence-electron chi connectivity index (χ4n) is 1.80. The Bertz CT molecular complexity index is 516. The van der Waals surface area contributed by atoms with E-state index in [1.165, 1.54) is 0 Å². The first kappa shape index (κ1) is 10.5. The molecule has 1 aliphatic rings. The molecular formula is C13H12O3S. The van der Waals surface area contributed by atoms with Crippen LogP contribution in [0, 0.1) is 0 Å². The molecule has 0 spiro atoms. The minimum atomic E-state index is 0.618. The van der Waals surface area contributed by atoms with Gasteiger partial charge in [0.05, 0.1) is 12.0 Å². The summed E-state index contributed by atoms with van der Waals surface area (Å²) in [6.45, 7) is 1.25. The van der Waals surface area contributed by atoms with Gasteiger partial charge < -0.3 is 14.2 Å². The smallest absolute Gasteiger partial charge is 0.179 e. The molecular weight excluding hydrogens is 236 g/mol. The molecule has 1 aromatic heterocycles. The summed E-state index contributed by atoms with van der Waals surface area (Å²) in [7, 11) is 1.67. The van der Waals surface area contributed by atoms with Gasteiger partial charge in [0.2, 0.25) is 0 Å². The van der Waals surface area contributed by atoms with Crippen LogP contribution in [0.5, 0.6) is 17.2 Å². The number of rotatable bonds is 2. The highest BCUT2D eigenvalue weighted by atomic mass is 32.1. The van der Waals surface area contributed by atoms with Gasteiger partial charge in [-0.3, -0.25) is 0 Å². The Hall–Kier alpha value is -1.68. The van der Waals surface area contributed by atoms with Crippen LogP contribution in [-0.2, 0) is 0 Å². The second kappa shape index (κ2) is 4.30. The van der Waals surface area contributed by atoms with Crippen molar-refractivity contribution in [3.05, 3.63) is 29.6 Å². The average molecular weight is 248 g/mol. The molecule has 0 saturated carbocycles. The quantitative estimate of drug-likeness (QED) is 0.817. The Morgan fingerprint density at radius 3 is 2.65 bits per heavy atom. The van der Waals surface area contributed by atoms with Crippen molar-refractivity contribution in [2.45, 2.75) is 0 Å². The van der Waals surface area contributed by atoms with Crippen LogP contribution in [-0.4, -0.2) is 20.3 Å². The van der Waals surface area contributed by atoms with Crippen LogP contribution in [0.15, 0.2) is 29.6 Å². The molecule has 3 nitrogen and oxygen atoms in total. The summed E-state index contributed by atoms with van der Waals surface area (Å²) in [6.07, 6.45) is 0. The Labute approximate surface area is 104 Å². The van der Waals surface area contributed by atoms with E-state index in [9.17, 15) is 0 Å². The van der Waals surface area contributed by atoms with E-state index in [4.69, 9.17) is 14.2 Å². The van der Waals surface area contributed by atoms with E-state index in [0.717, 1.165) is 27.7 Å². The average Bonchev–Trinajstić information content (AvgIpc) is 2.83. The number of ether oxygens (including phenoxy) is 3. The highest BCUT2D eigenvalue weighted by molar-refractivity contribution is 7.14. The molecule has 0 aliphatic carbocycles. The topological polar surface area (TPSA) is 27.7 Å². The van der Waals surface area contributed by atoms with Crippen molar-refractivity contribution in [3.63, 3.8) is 0 Å². The lowest BCUT2D eigenvalue weighted by Gasteiger charge is -2.16. The third kappa shape index (κ3) is 1.85. The van der Waals surface area contributed by atoms with Crippen molar-refractivity contribution in [2.75, 3.05) is 20.3 Å². The molecule has 0 fully saturated rings. The van der Waals surface area contributed by atoms with Crippen LogP contribution < -0.4 is 14.2 Å². The second-order valence-electron chi connectivity index (χ2n) is 3.68. The molecule has 1 aromatic carbocycles. The normalized spacial score (nSPS) is 13.5. The van der Waals surface area contributed by atoms with E-state index >= 15 is 0 Å². The second-order valence-corrected chi connectivity index (χ2v) is 4.56. The standard InChI is InChI=1S/C13H12O3S/c1-14-10-4-2-9(3-5-10)13-12-11(8-17-13)15-6-7-16-12/h2-5,8H,6-7H2,1H3. The third-order valence-corrected chi connectivity index (χ3v) is 3.64. The summed E-state index contributed by atoms with van der Waals surface area (Å²) >= 11 is 1.64. The van der Waals surface area contributed by atoms with Gasteiger partial charge in [-0.25, -0.2) is 0 Å². The van der Waals surface area contributed by atoms with Crippen molar-refractivity contribution in [2.24, 2.45) is 0 Å². The van der Waals surface area contributed by atoms with Gasteiger partial charge in [0, 0.05) is 5.38 Å². The van der Waals surface area contributed by atoms with E-state index in [-0.39, 0.29) is 0 Å². The fraction of sp³-hybridized carbons (Fsp3) is 0.231. The minimum Gasteiger partial charge on any atom is -0.497 e. The Morgan fingerprint density at radius 1 is 1.12 bits per heavy atom. The molecule has 0 radical (unpaired) electrons. The Kier molecular flexibility index (Phi) is 2.65. The van der Waals surface area contributed by atoms with Crippen molar-refractivity contribution in [1.29, 1.82) is 0 Å². The molecule has 4 heteroatoms. The van der Waals surface area contributed by atoms with Gasteiger partial charge >= 0.3 is 0 Å². The summed E-state index contributed by atoms with van der Waals surface area (Å²) < 4.78 is 16.3. The zero-order valence-corrected chi connectivity index (χ0v) is 10.3. The zero-order valence-electron chi connectivity index (χ0n) is 9.43.